The van der Waals surface area contributed by atoms with Gasteiger partial charge in [0.15, 0.2) is 5.82 Å². The number of benzene rings is 3. The second-order valence-electron chi connectivity index (χ2n) is 7.05. The minimum Gasteiger partial charge on any atom is -0.319 e. The maximum Gasteiger partial charge on any atom is 0.295 e. The molecule has 0 aliphatic carbocycles. The molecule has 1 aromatic heterocycles. The monoisotopic (exact) mass is 454 g/mol. The Morgan fingerprint density at radius 3 is 2.39 bits per heavy atom. The van der Waals surface area contributed by atoms with Gasteiger partial charge >= 0.3 is 0 Å². The van der Waals surface area contributed by atoms with Crippen molar-refractivity contribution in [3.8, 4) is 17.1 Å². The van der Waals surface area contributed by atoms with E-state index in [2.05, 4.69) is 15.4 Å². The van der Waals surface area contributed by atoms with Gasteiger partial charge in [-0.25, -0.2) is 14.1 Å². The van der Waals surface area contributed by atoms with E-state index in [-0.39, 0.29) is 11.6 Å². The van der Waals surface area contributed by atoms with Crippen LogP contribution >= 0.6 is 23.2 Å². The Balaban J connectivity index is 1.77. The van der Waals surface area contributed by atoms with Crippen molar-refractivity contribution < 1.29 is 9.18 Å². The van der Waals surface area contributed by atoms with Crippen LogP contribution in [0.2, 0.25) is 10.0 Å². The van der Waals surface area contributed by atoms with Crippen molar-refractivity contribution in [3.63, 3.8) is 0 Å². The van der Waals surface area contributed by atoms with Gasteiger partial charge in [-0.2, -0.15) is 0 Å². The van der Waals surface area contributed by atoms with Crippen molar-refractivity contribution in [2.75, 3.05) is 5.32 Å². The molecule has 0 bridgehead atoms. The Kier molecular flexibility index (Phi) is 5.76. The highest BCUT2D eigenvalue weighted by Gasteiger charge is 2.20. The molecule has 8 heteroatoms. The van der Waals surface area contributed by atoms with Gasteiger partial charge in [0, 0.05) is 11.3 Å². The smallest absolute Gasteiger partial charge is 0.295 e. The number of rotatable bonds is 4. The number of carbonyl (C=O) groups excluding carboxylic acids is 1. The summed E-state index contributed by atoms with van der Waals surface area (Å²) >= 11 is 12.2. The Morgan fingerprint density at radius 1 is 0.968 bits per heavy atom. The second-order valence-corrected chi connectivity index (χ2v) is 7.86. The number of halogens is 3. The van der Waals surface area contributed by atoms with Gasteiger partial charge in [0.2, 0.25) is 5.82 Å². The largest absolute Gasteiger partial charge is 0.319 e. The van der Waals surface area contributed by atoms with Crippen molar-refractivity contribution in [3.05, 3.63) is 93.5 Å². The van der Waals surface area contributed by atoms with Gasteiger partial charge in [0.25, 0.3) is 5.91 Å². The summed E-state index contributed by atoms with van der Waals surface area (Å²) in [7, 11) is 0. The number of anilines is 1. The van der Waals surface area contributed by atoms with Crippen LogP contribution in [0.4, 0.5) is 10.1 Å². The maximum absolute atomic E-state index is 13.4. The van der Waals surface area contributed by atoms with Crippen molar-refractivity contribution in [1.82, 2.24) is 14.8 Å². The van der Waals surface area contributed by atoms with Crippen LogP contribution in [-0.2, 0) is 0 Å². The van der Waals surface area contributed by atoms with Gasteiger partial charge in [-0.15, -0.1) is 5.10 Å². The molecule has 1 N–H and O–H groups in total. The molecule has 5 nitrogen and oxygen atoms in total. The molecule has 0 fully saturated rings. The average Bonchev–Trinajstić information content (AvgIpc) is 3.18. The van der Waals surface area contributed by atoms with Crippen LogP contribution in [0.5, 0.6) is 0 Å². The summed E-state index contributed by atoms with van der Waals surface area (Å²) in [6.07, 6.45) is 0. The molecule has 1 heterocycles. The summed E-state index contributed by atoms with van der Waals surface area (Å²) in [5, 5.41) is 7.96. The molecule has 0 spiro atoms. The highest BCUT2D eigenvalue weighted by atomic mass is 35.5. The van der Waals surface area contributed by atoms with Crippen LogP contribution in [0.1, 0.15) is 21.7 Å². The Hall–Kier alpha value is -3.22. The lowest BCUT2D eigenvalue weighted by atomic mass is 10.1. The SMILES string of the molecule is Cc1ccc(NC(=O)c2nc(-c3ccc(F)cc3)n(-c3ccc(Cl)c(Cl)c3)n2)c(C)c1. The number of amides is 1. The summed E-state index contributed by atoms with van der Waals surface area (Å²) in [6.45, 7) is 3.89. The van der Waals surface area contributed by atoms with E-state index in [4.69, 9.17) is 23.2 Å². The van der Waals surface area contributed by atoms with E-state index in [9.17, 15) is 9.18 Å². The minimum atomic E-state index is -0.464. The first kappa shape index (κ1) is 21.0. The molecular weight excluding hydrogens is 438 g/mol. The van der Waals surface area contributed by atoms with Crippen molar-refractivity contribution in [2.24, 2.45) is 0 Å². The molecule has 3 aromatic carbocycles. The normalized spacial score (nSPS) is 10.9. The fourth-order valence-electron chi connectivity index (χ4n) is 3.12. The first-order chi connectivity index (χ1) is 14.8. The van der Waals surface area contributed by atoms with Crippen molar-refractivity contribution >= 4 is 34.8 Å². The van der Waals surface area contributed by atoms with Crippen LogP contribution in [-0.4, -0.2) is 20.7 Å². The topological polar surface area (TPSA) is 59.8 Å². The number of carbonyl (C=O) groups is 1. The highest BCUT2D eigenvalue weighted by molar-refractivity contribution is 6.42. The third-order valence-electron chi connectivity index (χ3n) is 4.69. The number of nitrogens with zero attached hydrogens (tertiary/aromatic N) is 3. The standard InChI is InChI=1S/C23H17Cl2FN4O/c1-13-3-10-20(14(2)11-13)27-23(31)21-28-22(15-4-6-16(26)7-5-15)30(29-21)17-8-9-18(24)19(25)12-17/h3-12H,1-2H3,(H,27,31). The van der Waals surface area contributed by atoms with E-state index in [1.807, 2.05) is 32.0 Å². The fraction of sp³-hybridized carbons (Fsp3) is 0.0870. The zero-order valence-corrected chi connectivity index (χ0v) is 18.2. The zero-order valence-electron chi connectivity index (χ0n) is 16.7. The summed E-state index contributed by atoms with van der Waals surface area (Å²) in [5.41, 5.74) is 3.84. The molecule has 4 aromatic rings. The lowest BCUT2D eigenvalue weighted by Crippen LogP contribution is -2.15. The summed E-state index contributed by atoms with van der Waals surface area (Å²) in [4.78, 5) is 17.3. The third-order valence-corrected chi connectivity index (χ3v) is 5.43. The van der Waals surface area contributed by atoms with Crippen LogP contribution in [0.3, 0.4) is 0 Å². The lowest BCUT2D eigenvalue weighted by molar-refractivity contribution is 0.101. The average molecular weight is 455 g/mol. The van der Waals surface area contributed by atoms with Gasteiger partial charge in [0.05, 0.1) is 15.7 Å². The molecule has 0 aliphatic rings. The van der Waals surface area contributed by atoms with E-state index in [1.165, 1.54) is 16.8 Å². The summed E-state index contributed by atoms with van der Waals surface area (Å²) in [5.74, 6) is -0.513. The molecular formula is C23H17Cl2FN4O. The molecule has 0 unspecified atom stereocenters. The predicted molar refractivity (Wildman–Crippen MR) is 121 cm³/mol. The molecule has 31 heavy (non-hydrogen) atoms. The molecule has 156 valence electrons. The number of aromatic nitrogens is 3. The quantitative estimate of drug-likeness (QED) is 0.396. The maximum atomic E-state index is 13.4. The highest BCUT2D eigenvalue weighted by Crippen LogP contribution is 2.28. The molecule has 0 aliphatic heterocycles. The lowest BCUT2D eigenvalue weighted by Gasteiger charge is -2.07. The summed E-state index contributed by atoms with van der Waals surface area (Å²) in [6, 6.07) is 16.5. The van der Waals surface area contributed by atoms with Crippen LogP contribution in [0.25, 0.3) is 17.1 Å². The van der Waals surface area contributed by atoms with Gasteiger partial charge in [-0.05, 0) is 67.9 Å². The van der Waals surface area contributed by atoms with Crippen LogP contribution in [0.15, 0.2) is 60.7 Å². The first-order valence-electron chi connectivity index (χ1n) is 9.39. The molecule has 1 amide bonds. The molecule has 0 radical (unpaired) electrons. The predicted octanol–water partition coefficient (Wildman–Crippen LogP) is 6.25. The number of hydrogen-bond acceptors (Lipinski definition) is 3. The van der Waals surface area contributed by atoms with Gasteiger partial charge in [-0.1, -0.05) is 40.9 Å². The van der Waals surface area contributed by atoms with Crippen LogP contribution < -0.4 is 5.32 Å². The van der Waals surface area contributed by atoms with Crippen LogP contribution in [0, 0.1) is 19.7 Å². The number of hydrogen-bond donors (Lipinski definition) is 1. The van der Waals surface area contributed by atoms with E-state index < -0.39 is 5.91 Å². The molecule has 0 atom stereocenters. The molecule has 0 saturated carbocycles. The van der Waals surface area contributed by atoms with E-state index in [0.717, 1.165) is 11.1 Å². The van der Waals surface area contributed by atoms with Gasteiger partial charge in [-0.3, -0.25) is 4.79 Å². The van der Waals surface area contributed by atoms with Gasteiger partial charge in [0.1, 0.15) is 5.82 Å². The van der Waals surface area contributed by atoms with Crippen molar-refractivity contribution in [1.29, 1.82) is 0 Å². The number of nitrogens with one attached hydrogen (secondary N) is 1. The Labute approximate surface area is 188 Å². The molecule has 4 rings (SSSR count). The first-order valence-corrected chi connectivity index (χ1v) is 10.1. The van der Waals surface area contributed by atoms with E-state index >= 15 is 0 Å². The second kappa shape index (κ2) is 8.49. The Morgan fingerprint density at radius 2 is 1.71 bits per heavy atom. The summed E-state index contributed by atoms with van der Waals surface area (Å²) < 4.78 is 14.9. The number of aryl methyl sites for hydroxylation is 2. The zero-order chi connectivity index (χ0) is 22.1. The fourth-order valence-corrected chi connectivity index (χ4v) is 3.42. The Bertz CT molecular complexity index is 1290. The van der Waals surface area contributed by atoms with E-state index in [1.54, 1.807) is 30.3 Å². The van der Waals surface area contributed by atoms with Crippen molar-refractivity contribution in [2.45, 2.75) is 13.8 Å². The van der Waals surface area contributed by atoms with E-state index in [0.29, 0.717) is 32.8 Å². The molecule has 0 saturated heterocycles. The van der Waals surface area contributed by atoms with Gasteiger partial charge < -0.3 is 5.32 Å². The minimum absolute atomic E-state index is 0.0367. The third kappa shape index (κ3) is 4.45.